The van der Waals surface area contributed by atoms with E-state index in [1.54, 1.807) is 36.4 Å². The lowest BCUT2D eigenvalue weighted by Crippen LogP contribution is -2.53. The number of piperazine rings is 1. The molecular formula is C36H38BrN5O4S. The van der Waals surface area contributed by atoms with Crippen LogP contribution in [0.1, 0.15) is 40.9 Å². The minimum Gasteiger partial charge on any atom is -0.369 e. The molecule has 1 aromatic heterocycles. The number of piperidine rings is 1. The third-order valence-corrected chi connectivity index (χ3v) is 11.6. The topological polar surface area (TPSA) is 95.0 Å². The van der Waals surface area contributed by atoms with Crippen LogP contribution in [-0.2, 0) is 16.6 Å². The number of carbonyl (C=O) groups is 1. The molecule has 2 fully saturated rings. The molecular weight excluding hydrogens is 678 g/mol. The van der Waals surface area contributed by atoms with Crippen molar-refractivity contribution < 1.29 is 13.2 Å². The number of hydrogen-bond acceptors (Lipinski definition) is 6. The van der Waals surface area contributed by atoms with Crippen molar-refractivity contribution in [2.24, 2.45) is 5.92 Å². The maximum Gasteiger partial charge on any atom is 0.261 e. The molecule has 244 valence electrons. The Kier molecular flexibility index (Phi) is 8.38. The molecule has 47 heavy (non-hydrogen) atoms. The van der Waals surface area contributed by atoms with Crippen molar-refractivity contribution >= 4 is 48.9 Å². The molecule has 0 unspecified atom stereocenters. The Hall–Kier alpha value is -4.09. The van der Waals surface area contributed by atoms with Gasteiger partial charge in [-0.3, -0.25) is 14.3 Å². The summed E-state index contributed by atoms with van der Waals surface area (Å²) in [5, 5.41) is 0. The number of aromatic nitrogens is 1. The maximum absolute atomic E-state index is 14.0. The summed E-state index contributed by atoms with van der Waals surface area (Å²) in [4.78, 5) is 33.1. The molecule has 1 amide bonds. The normalized spacial score (nSPS) is 20.9. The fourth-order valence-corrected chi connectivity index (χ4v) is 8.78. The van der Waals surface area contributed by atoms with Gasteiger partial charge in [0, 0.05) is 78.7 Å². The van der Waals surface area contributed by atoms with E-state index in [9.17, 15) is 18.0 Å². The van der Waals surface area contributed by atoms with Gasteiger partial charge in [0.1, 0.15) is 0 Å². The number of sulfonamides is 1. The highest BCUT2D eigenvalue weighted by Gasteiger charge is 2.36. The van der Waals surface area contributed by atoms with Gasteiger partial charge in [-0.1, -0.05) is 34.1 Å². The Morgan fingerprint density at radius 3 is 2.45 bits per heavy atom. The van der Waals surface area contributed by atoms with Crippen LogP contribution in [0, 0.1) is 12.8 Å². The van der Waals surface area contributed by atoms with E-state index in [-0.39, 0.29) is 34.2 Å². The average molecular weight is 717 g/mol. The number of anilines is 3. The summed E-state index contributed by atoms with van der Waals surface area (Å²) in [7, 11) is -3.96. The first-order valence-electron chi connectivity index (χ1n) is 16.1. The molecule has 9 nitrogen and oxygen atoms in total. The smallest absolute Gasteiger partial charge is 0.261 e. The zero-order valence-corrected chi connectivity index (χ0v) is 28.9. The molecule has 3 aliphatic heterocycles. The summed E-state index contributed by atoms with van der Waals surface area (Å²) in [5.41, 5.74) is 4.91. The van der Waals surface area contributed by atoms with E-state index >= 15 is 0 Å². The fraction of sp³-hybridized carbons (Fsp3) is 0.333. The fourth-order valence-electron chi connectivity index (χ4n) is 7.45. The molecule has 3 atom stereocenters. The SMILES string of the molecule is Cc1cccc(N2CCN(C(=O)c3ccc(N4C[C@H]5C[C@@H](C4)c4cccc(=O)n4C5)c(NS(=O)(=O)c4ccc(Br)cc4)c3)C[C@H]2C)c1. The first-order valence-corrected chi connectivity index (χ1v) is 18.3. The van der Waals surface area contributed by atoms with Gasteiger partial charge in [0.2, 0.25) is 0 Å². The number of nitrogens with one attached hydrogen (secondary N) is 1. The number of hydrogen-bond donors (Lipinski definition) is 1. The largest absolute Gasteiger partial charge is 0.369 e. The number of aryl methyl sites for hydroxylation is 1. The summed E-state index contributed by atoms with van der Waals surface area (Å²) in [5.74, 6) is 0.254. The zero-order valence-electron chi connectivity index (χ0n) is 26.5. The third-order valence-electron chi connectivity index (χ3n) is 9.68. The molecule has 3 aromatic carbocycles. The molecule has 0 aliphatic carbocycles. The van der Waals surface area contributed by atoms with Crippen molar-refractivity contribution in [3.05, 3.63) is 117 Å². The second kappa shape index (κ2) is 12.5. The Bertz CT molecular complexity index is 2000. The lowest BCUT2D eigenvalue weighted by Gasteiger charge is -2.44. The maximum atomic E-state index is 14.0. The van der Waals surface area contributed by atoms with Crippen LogP contribution in [0.3, 0.4) is 0 Å². The molecule has 4 heterocycles. The summed E-state index contributed by atoms with van der Waals surface area (Å²) in [6.07, 6.45) is 0.975. The lowest BCUT2D eigenvalue weighted by atomic mass is 9.83. The molecule has 0 radical (unpaired) electrons. The number of fused-ring (bicyclic) bond motifs is 4. The molecule has 7 rings (SSSR count). The Morgan fingerprint density at radius 2 is 1.68 bits per heavy atom. The Balaban J connectivity index is 1.19. The second-order valence-corrected chi connectivity index (χ2v) is 15.6. The number of benzene rings is 3. The van der Waals surface area contributed by atoms with E-state index in [0.29, 0.717) is 50.5 Å². The summed E-state index contributed by atoms with van der Waals surface area (Å²) >= 11 is 3.38. The molecule has 0 saturated carbocycles. The number of nitrogens with zero attached hydrogens (tertiary/aromatic N) is 4. The van der Waals surface area contributed by atoms with Crippen molar-refractivity contribution in [3.63, 3.8) is 0 Å². The van der Waals surface area contributed by atoms with Gasteiger partial charge in [-0.25, -0.2) is 8.42 Å². The van der Waals surface area contributed by atoms with Crippen LogP contribution in [0.5, 0.6) is 0 Å². The highest BCUT2D eigenvalue weighted by Crippen LogP contribution is 2.40. The zero-order chi connectivity index (χ0) is 32.9. The minimum absolute atomic E-state index is 0.0190. The predicted molar refractivity (Wildman–Crippen MR) is 189 cm³/mol. The number of carbonyl (C=O) groups excluding carboxylic acids is 1. The van der Waals surface area contributed by atoms with E-state index in [0.717, 1.165) is 28.0 Å². The molecule has 1 N–H and O–H groups in total. The van der Waals surface area contributed by atoms with Crippen LogP contribution in [0.2, 0.25) is 0 Å². The molecule has 4 aromatic rings. The van der Waals surface area contributed by atoms with Gasteiger partial charge >= 0.3 is 0 Å². The standard InChI is InChI=1S/C36H38BrN5O4S/c1-24-5-3-6-30(17-24)41-16-15-39(20-25(41)2)36(44)27-9-14-34(32(19-27)38-47(45,46)31-12-10-29(37)11-13-31)40-21-26-18-28(23-40)33-7-4-8-35(43)42(33)22-26/h3-14,17,19,25-26,28,38H,15-16,18,20-23H2,1-2H3/t25-,26-,28+/m1/s1. The Morgan fingerprint density at radius 1 is 0.894 bits per heavy atom. The summed E-state index contributed by atoms with van der Waals surface area (Å²) < 4.78 is 32.9. The second-order valence-electron chi connectivity index (χ2n) is 13.0. The van der Waals surface area contributed by atoms with Gasteiger partial charge in [0.15, 0.2) is 0 Å². The van der Waals surface area contributed by atoms with E-state index in [4.69, 9.17) is 0 Å². The van der Waals surface area contributed by atoms with E-state index in [1.807, 2.05) is 33.7 Å². The van der Waals surface area contributed by atoms with Gasteiger partial charge < -0.3 is 19.3 Å². The summed E-state index contributed by atoms with van der Waals surface area (Å²) in [6, 6.07) is 25.8. The van der Waals surface area contributed by atoms with Crippen LogP contribution in [0.25, 0.3) is 0 Å². The number of amides is 1. The van der Waals surface area contributed by atoms with Gasteiger partial charge in [0.25, 0.3) is 21.5 Å². The van der Waals surface area contributed by atoms with Crippen LogP contribution in [0.15, 0.2) is 99.1 Å². The van der Waals surface area contributed by atoms with Crippen molar-refractivity contribution in [1.82, 2.24) is 9.47 Å². The highest BCUT2D eigenvalue weighted by molar-refractivity contribution is 9.10. The molecule has 11 heteroatoms. The predicted octanol–water partition coefficient (Wildman–Crippen LogP) is 5.69. The van der Waals surface area contributed by atoms with Crippen molar-refractivity contribution in [3.8, 4) is 0 Å². The molecule has 3 aliphatic rings. The van der Waals surface area contributed by atoms with Gasteiger partial charge in [0.05, 0.1) is 16.3 Å². The average Bonchev–Trinajstić information content (AvgIpc) is 3.05. The minimum atomic E-state index is -3.96. The first kappa shape index (κ1) is 31.5. The number of pyridine rings is 1. The van der Waals surface area contributed by atoms with Crippen molar-refractivity contribution in [1.29, 1.82) is 0 Å². The van der Waals surface area contributed by atoms with Crippen molar-refractivity contribution in [2.45, 2.75) is 43.7 Å². The highest BCUT2D eigenvalue weighted by atomic mass is 79.9. The molecule has 2 bridgehead atoms. The monoisotopic (exact) mass is 715 g/mol. The number of rotatable bonds is 6. The molecule has 2 saturated heterocycles. The quantitative estimate of drug-likeness (QED) is 0.276. The van der Waals surface area contributed by atoms with Crippen LogP contribution in [0.4, 0.5) is 17.1 Å². The summed E-state index contributed by atoms with van der Waals surface area (Å²) in [6.45, 7) is 7.98. The van der Waals surface area contributed by atoms with Crippen molar-refractivity contribution in [2.75, 3.05) is 47.2 Å². The lowest BCUT2D eigenvalue weighted by molar-refractivity contribution is 0.0726. The van der Waals surface area contributed by atoms with E-state index in [2.05, 4.69) is 68.6 Å². The van der Waals surface area contributed by atoms with Crippen LogP contribution in [-0.4, -0.2) is 62.6 Å². The van der Waals surface area contributed by atoms with E-state index in [1.165, 1.54) is 5.56 Å². The van der Waals surface area contributed by atoms with E-state index < -0.39 is 10.0 Å². The van der Waals surface area contributed by atoms with Crippen LogP contribution < -0.4 is 20.1 Å². The van der Waals surface area contributed by atoms with Gasteiger partial charge in [-0.2, -0.15) is 0 Å². The van der Waals surface area contributed by atoms with Crippen LogP contribution >= 0.6 is 15.9 Å². The first-order chi connectivity index (χ1) is 22.6. The Labute approximate surface area is 284 Å². The third kappa shape index (κ3) is 6.30. The molecule has 0 spiro atoms. The van der Waals surface area contributed by atoms with Gasteiger partial charge in [-0.15, -0.1) is 0 Å². The van der Waals surface area contributed by atoms with Gasteiger partial charge in [-0.05, 0) is 92.4 Å². The number of halogens is 1.